The molecule has 3 nitrogen and oxygen atoms in total. The maximum atomic E-state index is 11.9. The molecule has 1 unspecified atom stereocenters. The van der Waals surface area contributed by atoms with Crippen LogP contribution >= 0.6 is 0 Å². The number of hydrogen-bond acceptors (Lipinski definition) is 3. The summed E-state index contributed by atoms with van der Waals surface area (Å²) in [5.74, 6) is 0.765. The molecule has 0 radical (unpaired) electrons. The van der Waals surface area contributed by atoms with E-state index < -0.39 is 0 Å². The number of nitrogens with one attached hydrogen (secondary N) is 1. The van der Waals surface area contributed by atoms with E-state index in [1.165, 1.54) is 154 Å². The molecule has 0 heterocycles. The molecule has 0 bridgehead atoms. The first-order valence-corrected chi connectivity index (χ1v) is 17.6. The minimum Gasteiger partial charge on any atom is -0.464 e. The van der Waals surface area contributed by atoms with Crippen LogP contribution in [0.4, 0.5) is 0 Å². The highest BCUT2D eigenvalue weighted by molar-refractivity contribution is 5.69. The predicted molar refractivity (Wildman–Crippen MR) is 169 cm³/mol. The molecule has 228 valence electrons. The molecular weight excluding hydrogens is 466 g/mol. The van der Waals surface area contributed by atoms with E-state index >= 15 is 0 Å². The summed E-state index contributed by atoms with van der Waals surface area (Å²) in [6.07, 6.45) is 36.1. The Kier molecular flexibility index (Phi) is 32.2. The second-order valence-electron chi connectivity index (χ2n) is 12.0. The first-order valence-electron chi connectivity index (χ1n) is 17.6. The molecule has 38 heavy (non-hydrogen) atoms. The van der Waals surface area contributed by atoms with Gasteiger partial charge in [-0.15, -0.1) is 0 Å². The summed E-state index contributed by atoms with van der Waals surface area (Å²) >= 11 is 0. The summed E-state index contributed by atoms with van der Waals surface area (Å²) in [7, 11) is 0. The number of unbranched alkanes of at least 4 members (excludes halogenated alkanes) is 21. The van der Waals surface area contributed by atoms with E-state index in [0.29, 0.717) is 13.0 Å². The summed E-state index contributed by atoms with van der Waals surface area (Å²) in [5, 5.41) is 3.60. The minimum absolute atomic E-state index is 0.0156. The number of hydrogen-bond donors (Lipinski definition) is 1. The van der Waals surface area contributed by atoms with E-state index in [4.69, 9.17) is 4.74 Å². The molecule has 1 atom stereocenters. The second-order valence-corrected chi connectivity index (χ2v) is 12.0. The lowest BCUT2D eigenvalue weighted by atomic mass is 9.94. The topological polar surface area (TPSA) is 38.3 Å². The van der Waals surface area contributed by atoms with Crippen molar-refractivity contribution in [1.82, 2.24) is 5.32 Å². The van der Waals surface area contributed by atoms with E-state index in [2.05, 4.69) is 26.1 Å². The van der Waals surface area contributed by atoms with Crippen LogP contribution in [0, 0.1) is 5.92 Å². The van der Waals surface area contributed by atoms with Crippen LogP contribution in [0.25, 0.3) is 0 Å². The van der Waals surface area contributed by atoms with Crippen molar-refractivity contribution in [2.75, 3.05) is 19.7 Å². The van der Waals surface area contributed by atoms with Crippen LogP contribution in [-0.4, -0.2) is 25.7 Å². The molecule has 0 amide bonds. The highest BCUT2D eigenvalue weighted by Gasteiger charge is 2.09. The number of carbonyl (C=O) groups excluding carboxylic acids is 1. The highest BCUT2D eigenvalue weighted by atomic mass is 16.5. The molecule has 0 saturated carbocycles. The lowest BCUT2D eigenvalue weighted by molar-refractivity contribution is -0.143. The smallest absolute Gasteiger partial charge is 0.305 e. The van der Waals surface area contributed by atoms with Crippen molar-refractivity contribution < 1.29 is 9.53 Å². The first kappa shape index (κ1) is 37.4. The number of carbonyl (C=O) groups is 1. The van der Waals surface area contributed by atoms with E-state index in [9.17, 15) is 4.79 Å². The third-order valence-corrected chi connectivity index (χ3v) is 8.14. The van der Waals surface area contributed by atoms with Gasteiger partial charge in [0.05, 0.1) is 0 Å². The Balaban J connectivity index is 3.81. The third-order valence-electron chi connectivity index (χ3n) is 8.14. The molecule has 3 heteroatoms. The van der Waals surface area contributed by atoms with Gasteiger partial charge in [-0.1, -0.05) is 168 Å². The highest BCUT2D eigenvalue weighted by Crippen LogP contribution is 2.19. The van der Waals surface area contributed by atoms with Crippen LogP contribution in [-0.2, 0) is 9.53 Å². The standard InChI is InChI=1S/C35H71NO2/c1-4-7-10-13-14-15-16-17-18-19-20-21-24-26-29-34(28-25-22-11-8-5-2)33-36-31-32-38-35(37)30-27-23-12-9-6-3/h34,36H,4-33H2,1-3H3. The summed E-state index contributed by atoms with van der Waals surface area (Å²) in [4.78, 5) is 11.9. The van der Waals surface area contributed by atoms with Gasteiger partial charge in [-0.3, -0.25) is 4.79 Å². The Morgan fingerprint density at radius 3 is 1.32 bits per heavy atom. The lowest BCUT2D eigenvalue weighted by Crippen LogP contribution is -2.27. The molecule has 0 aliphatic carbocycles. The molecule has 0 spiro atoms. The fourth-order valence-electron chi connectivity index (χ4n) is 5.50. The van der Waals surface area contributed by atoms with Crippen LogP contribution in [0.5, 0.6) is 0 Å². The van der Waals surface area contributed by atoms with Crippen molar-refractivity contribution >= 4 is 5.97 Å². The lowest BCUT2D eigenvalue weighted by Gasteiger charge is -2.18. The SMILES string of the molecule is CCCCCCCCCCCCCCCCC(CCCCCCC)CNCCOC(=O)CCCCCCC. The van der Waals surface area contributed by atoms with Gasteiger partial charge < -0.3 is 10.1 Å². The Morgan fingerprint density at radius 1 is 0.526 bits per heavy atom. The maximum Gasteiger partial charge on any atom is 0.305 e. The van der Waals surface area contributed by atoms with Gasteiger partial charge in [0.1, 0.15) is 6.61 Å². The van der Waals surface area contributed by atoms with Crippen molar-refractivity contribution in [3.05, 3.63) is 0 Å². The van der Waals surface area contributed by atoms with Gasteiger partial charge in [-0.05, 0) is 31.7 Å². The van der Waals surface area contributed by atoms with Crippen molar-refractivity contribution in [2.24, 2.45) is 5.92 Å². The van der Waals surface area contributed by atoms with Crippen LogP contribution in [0.2, 0.25) is 0 Å². The third kappa shape index (κ3) is 30.0. The van der Waals surface area contributed by atoms with Gasteiger partial charge in [0.25, 0.3) is 0 Å². The second kappa shape index (κ2) is 32.6. The zero-order valence-electron chi connectivity index (χ0n) is 26.6. The van der Waals surface area contributed by atoms with Gasteiger partial charge in [-0.2, -0.15) is 0 Å². The molecule has 1 N–H and O–H groups in total. The zero-order valence-corrected chi connectivity index (χ0v) is 26.6. The molecule has 0 rings (SSSR count). The average molecular weight is 538 g/mol. The number of esters is 1. The monoisotopic (exact) mass is 538 g/mol. The van der Waals surface area contributed by atoms with Crippen molar-refractivity contribution in [3.8, 4) is 0 Å². The Labute approximate surface area is 240 Å². The van der Waals surface area contributed by atoms with Crippen LogP contribution in [0.15, 0.2) is 0 Å². The van der Waals surface area contributed by atoms with Gasteiger partial charge in [0.2, 0.25) is 0 Å². The summed E-state index contributed by atoms with van der Waals surface area (Å²) in [5.41, 5.74) is 0. The molecule has 0 aliphatic rings. The normalized spacial score (nSPS) is 12.2. The fraction of sp³-hybridized carbons (Fsp3) is 0.971. The fourth-order valence-corrected chi connectivity index (χ4v) is 5.50. The Morgan fingerprint density at radius 2 is 0.895 bits per heavy atom. The van der Waals surface area contributed by atoms with Crippen LogP contribution in [0.1, 0.15) is 194 Å². The molecule has 0 aromatic heterocycles. The van der Waals surface area contributed by atoms with Gasteiger partial charge in [-0.25, -0.2) is 0 Å². The molecule has 0 aromatic carbocycles. The number of ether oxygens (including phenoxy) is 1. The van der Waals surface area contributed by atoms with Crippen molar-refractivity contribution in [1.29, 1.82) is 0 Å². The maximum absolute atomic E-state index is 11.9. The molecule has 0 fully saturated rings. The van der Waals surface area contributed by atoms with E-state index in [1.54, 1.807) is 0 Å². The predicted octanol–water partition coefficient (Wildman–Crippen LogP) is 11.3. The average Bonchev–Trinajstić information content (AvgIpc) is 2.92. The van der Waals surface area contributed by atoms with Crippen LogP contribution < -0.4 is 5.32 Å². The Hall–Kier alpha value is -0.570. The van der Waals surface area contributed by atoms with E-state index in [0.717, 1.165) is 31.8 Å². The van der Waals surface area contributed by atoms with Gasteiger partial charge in [0.15, 0.2) is 0 Å². The zero-order chi connectivity index (χ0) is 27.8. The molecule has 0 aromatic rings. The molecule has 0 saturated heterocycles. The van der Waals surface area contributed by atoms with Gasteiger partial charge in [0, 0.05) is 13.0 Å². The van der Waals surface area contributed by atoms with Crippen molar-refractivity contribution in [3.63, 3.8) is 0 Å². The summed E-state index contributed by atoms with van der Waals surface area (Å²) in [6, 6.07) is 0. The summed E-state index contributed by atoms with van der Waals surface area (Å²) in [6.45, 7) is 9.22. The largest absolute Gasteiger partial charge is 0.464 e. The first-order chi connectivity index (χ1) is 18.7. The number of rotatable bonds is 32. The van der Waals surface area contributed by atoms with Gasteiger partial charge >= 0.3 is 5.97 Å². The summed E-state index contributed by atoms with van der Waals surface area (Å²) < 4.78 is 5.44. The van der Waals surface area contributed by atoms with Crippen LogP contribution in [0.3, 0.4) is 0 Å². The molecule has 0 aliphatic heterocycles. The Bertz CT molecular complexity index is 453. The van der Waals surface area contributed by atoms with Crippen molar-refractivity contribution in [2.45, 2.75) is 194 Å². The van der Waals surface area contributed by atoms with E-state index in [1.807, 2.05) is 0 Å². The van der Waals surface area contributed by atoms with E-state index in [-0.39, 0.29) is 5.97 Å². The molecular formula is C35H71NO2. The quantitative estimate of drug-likeness (QED) is 0.0685. The minimum atomic E-state index is -0.0156.